The summed E-state index contributed by atoms with van der Waals surface area (Å²) in [6.07, 6.45) is 0.212. The molecule has 1 atom stereocenters. The third-order valence-corrected chi connectivity index (χ3v) is 2.04. The zero-order valence-corrected chi connectivity index (χ0v) is 8.83. The quantitative estimate of drug-likeness (QED) is 0.758. The smallest absolute Gasteiger partial charge is 0.251 e. The molecule has 4 nitrogen and oxygen atoms in total. The summed E-state index contributed by atoms with van der Waals surface area (Å²) >= 11 is 0. The summed E-state index contributed by atoms with van der Waals surface area (Å²) in [5.41, 5.74) is 5.48. The minimum absolute atomic E-state index is 0.00150. The number of benzene rings is 1. The van der Waals surface area contributed by atoms with E-state index in [1.54, 1.807) is 6.92 Å². The lowest BCUT2D eigenvalue weighted by Gasteiger charge is -2.10. The molecular formula is C11H12FN3O. The van der Waals surface area contributed by atoms with Crippen LogP contribution in [0.4, 0.5) is 10.1 Å². The maximum Gasteiger partial charge on any atom is 0.251 e. The highest BCUT2D eigenvalue weighted by Crippen LogP contribution is 2.12. The van der Waals surface area contributed by atoms with Crippen molar-refractivity contribution in [2.75, 3.05) is 5.73 Å². The minimum Gasteiger partial charge on any atom is -0.396 e. The van der Waals surface area contributed by atoms with E-state index < -0.39 is 11.7 Å². The third-order valence-electron chi connectivity index (χ3n) is 2.04. The molecule has 1 amide bonds. The van der Waals surface area contributed by atoms with Crippen LogP contribution >= 0.6 is 0 Å². The van der Waals surface area contributed by atoms with Gasteiger partial charge in [-0.1, -0.05) is 0 Å². The Morgan fingerprint density at radius 1 is 1.69 bits per heavy atom. The number of halogens is 1. The van der Waals surface area contributed by atoms with Crippen molar-refractivity contribution in [2.24, 2.45) is 0 Å². The first-order valence-electron chi connectivity index (χ1n) is 4.77. The van der Waals surface area contributed by atoms with E-state index in [9.17, 15) is 9.18 Å². The van der Waals surface area contributed by atoms with Crippen LogP contribution in [0.5, 0.6) is 0 Å². The first kappa shape index (κ1) is 12.0. The van der Waals surface area contributed by atoms with Gasteiger partial charge in [0.25, 0.3) is 5.91 Å². The van der Waals surface area contributed by atoms with Gasteiger partial charge < -0.3 is 11.1 Å². The molecule has 0 aromatic heterocycles. The van der Waals surface area contributed by atoms with E-state index >= 15 is 0 Å². The Bertz CT molecular complexity index is 439. The molecule has 16 heavy (non-hydrogen) atoms. The molecule has 0 aliphatic carbocycles. The predicted octanol–water partition coefficient (Wildman–Crippen LogP) is 1.44. The van der Waals surface area contributed by atoms with Crippen molar-refractivity contribution < 1.29 is 9.18 Å². The Balaban J connectivity index is 2.74. The second kappa shape index (κ2) is 5.12. The van der Waals surface area contributed by atoms with Gasteiger partial charge in [-0.25, -0.2) is 4.39 Å². The second-order valence-electron chi connectivity index (χ2n) is 3.47. The van der Waals surface area contributed by atoms with Gasteiger partial charge in [-0.15, -0.1) is 0 Å². The highest BCUT2D eigenvalue weighted by molar-refractivity contribution is 5.94. The lowest BCUT2D eigenvalue weighted by atomic mass is 10.1. The molecule has 1 aromatic rings. The largest absolute Gasteiger partial charge is 0.396 e. The van der Waals surface area contributed by atoms with E-state index in [1.165, 1.54) is 12.1 Å². The summed E-state index contributed by atoms with van der Waals surface area (Å²) < 4.78 is 13.1. The molecule has 1 aromatic carbocycles. The Labute approximate surface area is 92.9 Å². The number of amides is 1. The van der Waals surface area contributed by atoms with Gasteiger partial charge in [0.1, 0.15) is 5.82 Å². The Morgan fingerprint density at radius 2 is 2.38 bits per heavy atom. The molecule has 84 valence electrons. The monoisotopic (exact) mass is 221 g/mol. The van der Waals surface area contributed by atoms with Crippen LogP contribution in [0.15, 0.2) is 18.2 Å². The molecule has 0 aliphatic heterocycles. The summed E-state index contributed by atoms with van der Waals surface area (Å²) in [5.74, 6) is -1.04. The van der Waals surface area contributed by atoms with Crippen molar-refractivity contribution in [3.05, 3.63) is 29.6 Å². The molecule has 5 heteroatoms. The van der Waals surface area contributed by atoms with Gasteiger partial charge >= 0.3 is 0 Å². The molecule has 1 rings (SSSR count). The van der Waals surface area contributed by atoms with Crippen LogP contribution in [0.25, 0.3) is 0 Å². The van der Waals surface area contributed by atoms with Crippen LogP contribution < -0.4 is 11.1 Å². The number of carbonyl (C=O) groups excluding carboxylic acids is 1. The average molecular weight is 221 g/mol. The predicted molar refractivity (Wildman–Crippen MR) is 58.0 cm³/mol. The molecule has 0 radical (unpaired) electrons. The highest BCUT2D eigenvalue weighted by atomic mass is 19.1. The summed E-state index contributed by atoms with van der Waals surface area (Å²) in [5, 5.41) is 11.0. The third kappa shape index (κ3) is 2.95. The van der Waals surface area contributed by atoms with Gasteiger partial charge in [0.05, 0.1) is 18.2 Å². The maximum atomic E-state index is 13.1. The number of hydrogen-bond donors (Lipinski definition) is 2. The van der Waals surface area contributed by atoms with Crippen LogP contribution in [0, 0.1) is 17.1 Å². The number of hydrogen-bond acceptors (Lipinski definition) is 3. The standard InChI is InChI=1S/C11H12FN3O/c1-7(4-5-13)15-11(16)8-2-3-10(14)9(12)6-8/h2-3,6-7H,4,14H2,1H3,(H,15,16). The van der Waals surface area contributed by atoms with Crippen LogP contribution in [0.1, 0.15) is 23.7 Å². The first-order chi connectivity index (χ1) is 7.54. The number of nitrogens with two attached hydrogens (primary N) is 1. The molecule has 0 heterocycles. The average Bonchev–Trinajstić information content (AvgIpc) is 2.22. The molecule has 0 bridgehead atoms. The Kier molecular flexibility index (Phi) is 3.84. The van der Waals surface area contributed by atoms with Crippen LogP contribution in [-0.4, -0.2) is 11.9 Å². The molecule has 3 N–H and O–H groups in total. The van der Waals surface area contributed by atoms with Crippen molar-refractivity contribution in [1.82, 2.24) is 5.32 Å². The number of nitrogen functional groups attached to an aromatic ring is 1. The van der Waals surface area contributed by atoms with E-state index in [4.69, 9.17) is 11.0 Å². The molecular weight excluding hydrogens is 209 g/mol. The lowest BCUT2D eigenvalue weighted by Crippen LogP contribution is -2.32. The number of carbonyl (C=O) groups is 1. The van der Waals surface area contributed by atoms with Crippen molar-refractivity contribution >= 4 is 11.6 Å². The van der Waals surface area contributed by atoms with Crippen molar-refractivity contribution in [3.8, 4) is 6.07 Å². The minimum atomic E-state index is -0.624. The van der Waals surface area contributed by atoms with E-state index in [1.807, 2.05) is 6.07 Å². The number of rotatable bonds is 3. The first-order valence-corrected chi connectivity index (χ1v) is 4.77. The summed E-state index contributed by atoms with van der Waals surface area (Å²) in [6, 6.07) is 5.51. The Hall–Kier alpha value is -2.09. The zero-order chi connectivity index (χ0) is 12.1. The summed E-state index contributed by atoms with van der Waals surface area (Å²) in [6.45, 7) is 1.70. The van der Waals surface area contributed by atoms with Crippen LogP contribution in [-0.2, 0) is 0 Å². The van der Waals surface area contributed by atoms with E-state index in [0.29, 0.717) is 0 Å². The van der Waals surface area contributed by atoms with Gasteiger partial charge in [-0.3, -0.25) is 4.79 Å². The molecule has 0 spiro atoms. The number of nitrogens with zero attached hydrogens (tertiary/aromatic N) is 1. The van der Waals surface area contributed by atoms with Gasteiger partial charge in [-0.2, -0.15) is 5.26 Å². The van der Waals surface area contributed by atoms with Crippen molar-refractivity contribution in [2.45, 2.75) is 19.4 Å². The van der Waals surface area contributed by atoms with Gasteiger partial charge in [0.2, 0.25) is 0 Å². The van der Waals surface area contributed by atoms with Gasteiger partial charge in [0.15, 0.2) is 0 Å². The van der Waals surface area contributed by atoms with E-state index in [2.05, 4.69) is 5.32 Å². The summed E-state index contributed by atoms with van der Waals surface area (Å²) in [4.78, 5) is 11.6. The molecule has 0 saturated carbocycles. The van der Waals surface area contributed by atoms with Crippen LogP contribution in [0.2, 0.25) is 0 Å². The number of anilines is 1. The van der Waals surface area contributed by atoms with E-state index in [-0.39, 0.29) is 23.7 Å². The number of nitriles is 1. The fourth-order valence-corrected chi connectivity index (χ4v) is 1.16. The molecule has 0 saturated heterocycles. The lowest BCUT2D eigenvalue weighted by molar-refractivity contribution is 0.0940. The second-order valence-corrected chi connectivity index (χ2v) is 3.47. The SMILES string of the molecule is CC(CC#N)NC(=O)c1ccc(N)c(F)c1. The molecule has 1 unspecified atom stereocenters. The number of nitrogens with one attached hydrogen (secondary N) is 1. The van der Waals surface area contributed by atoms with Gasteiger partial charge in [0, 0.05) is 11.6 Å². The van der Waals surface area contributed by atoms with Gasteiger partial charge in [-0.05, 0) is 25.1 Å². The normalized spacial score (nSPS) is 11.6. The Morgan fingerprint density at radius 3 is 2.94 bits per heavy atom. The fraction of sp³-hybridized carbons (Fsp3) is 0.273. The highest BCUT2D eigenvalue weighted by Gasteiger charge is 2.11. The summed E-state index contributed by atoms with van der Waals surface area (Å²) in [7, 11) is 0. The van der Waals surface area contributed by atoms with Crippen LogP contribution in [0.3, 0.4) is 0 Å². The fourth-order valence-electron chi connectivity index (χ4n) is 1.16. The van der Waals surface area contributed by atoms with E-state index in [0.717, 1.165) is 6.07 Å². The molecule has 0 aliphatic rings. The van der Waals surface area contributed by atoms with Crippen molar-refractivity contribution in [1.29, 1.82) is 5.26 Å². The molecule has 0 fully saturated rings. The topological polar surface area (TPSA) is 78.9 Å². The maximum absolute atomic E-state index is 13.1. The van der Waals surface area contributed by atoms with Crippen molar-refractivity contribution in [3.63, 3.8) is 0 Å². The zero-order valence-electron chi connectivity index (χ0n) is 8.83.